The summed E-state index contributed by atoms with van der Waals surface area (Å²) < 4.78 is 6.92. The molecule has 2 aromatic rings. The van der Waals surface area contributed by atoms with Crippen molar-refractivity contribution in [3.8, 4) is 0 Å². The molecule has 1 saturated heterocycles. The Bertz CT molecular complexity index is 832. The standard InChI is InChI=1S/C18H23N5O3/c1-12-11-14(21-26-12)19-17(24)15-13-7-3-6-10-23(13)16(20-15)18(25)22-8-4-2-5-9-22/h11H,2-10H2,1H3,(H,19,21,24). The van der Waals surface area contributed by atoms with Crippen molar-refractivity contribution in [2.75, 3.05) is 18.4 Å². The number of carbonyl (C=O) groups excluding carboxylic acids is 2. The number of piperidine rings is 1. The highest BCUT2D eigenvalue weighted by atomic mass is 16.5. The molecule has 8 heteroatoms. The molecule has 0 atom stereocenters. The van der Waals surface area contributed by atoms with Crippen LogP contribution >= 0.6 is 0 Å². The van der Waals surface area contributed by atoms with Crippen LogP contribution in [0.4, 0.5) is 5.82 Å². The van der Waals surface area contributed by atoms with Gasteiger partial charge in [-0.15, -0.1) is 0 Å². The number of likely N-dealkylation sites (tertiary alicyclic amines) is 1. The van der Waals surface area contributed by atoms with Crippen molar-refractivity contribution in [1.29, 1.82) is 0 Å². The Morgan fingerprint density at radius 1 is 1.12 bits per heavy atom. The van der Waals surface area contributed by atoms with Crippen molar-refractivity contribution in [1.82, 2.24) is 19.6 Å². The molecule has 138 valence electrons. The van der Waals surface area contributed by atoms with Crippen LogP contribution in [0.2, 0.25) is 0 Å². The zero-order valence-electron chi connectivity index (χ0n) is 15.0. The van der Waals surface area contributed by atoms with E-state index in [-0.39, 0.29) is 11.8 Å². The molecule has 0 spiro atoms. The molecule has 4 heterocycles. The van der Waals surface area contributed by atoms with Crippen molar-refractivity contribution in [3.05, 3.63) is 29.0 Å². The SMILES string of the molecule is Cc1cc(NC(=O)c2nc(C(=O)N3CCCCC3)n3c2CCCC3)no1. The van der Waals surface area contributed by atoms with Crippen molar-refractivity contribution < 1.29 is 14.1 Å². The molecule has 2 aliphatic heterocycles. The number of hydrogen-bond donors (Lipinski definition) is 1. The van der Waals surface area contributed by atoms with Gasteiger partial charge in [0, 0.05) is 25.7 Å². The summed E-state index contributed by atoms with van der Waals surface area (Å²) in [7, 11) is 0. The Balaban J connectivity index is 1.63. The zero-order valence-corrected chi connectivity index (χ0v) is 15.0. The van der Waals surface area contributed by atoms with E-state index in [1.165, 1.54) is 0 Å². The molecule has 2 aliphatic rings. The van der Waals surface area contributed by atoms with Crippen molar-refractivity contribution in [2.45, 2.75) is 52.0 Å². The van der Waals surface area contributed by atoms with Gasteiger partial charge in [-0.05, 0) is 45.4 Å². The minimum atomic E-state index is -0.346. The van der Waals surface area contributed by atoms with Gasteiger partial charge in [-0.3, -0.25) is 9.59 Å². The number of anilines is 1. The van der Waals surface area contributed by atoms with Crippen LogP contribution < -0.4 is 5.32 Å². The van der Waals surface area contributed by atoms with Gasteiger partial charge >= 0.3 is 0 Å². The Morgan fingerprint density at radius 3 is 2.62 bits per heavy atom. The average Bonchev–Trinajstić information content (AvgIpc) is 3.25. The first-order valence-electron chi connectivity index (χ1n) is 9.27. The highest BCUT2D eigenvalue weighted by Crippen LogP contribution is 2.24. The number of imidazole rings is 1. The third kappa shape index (κ3) is 3.11. The van der Waals surface area contributed by atoms with Crippen LogP contribution in [0.15, 0.2) is 10.6 Å². The molecule has 0 saturated carbocycles. The first-order valence-corrected chi connectivity index (χ1v) is 9.27. The van der Waals surface area contributed by atoms with E-state index >= 15 is 0 Å². The third-order valence-electron chi connectivity index (χ3n) is 5.04. The quantitative estimate of drug-likeness (QED) is 0.910. The highest BCUT2D eigenvalue weighted by Gasteiger charge is 2.30. The van der Waals surface area contributed by atoms with E-state index in [0.29, 0.717) is 23.1 Å². The molecule has 8 nitrogen and oxygen atoms in total. The van der Waals surface area contributed by atoms with Crippen LogP contribution in [0.25, 0.3) is 0 Å². The number of hydrogen-bond acceptors (Lipinski definition) is 5. The number of carbonyl (C=O) groups is 2. The predicted molar refractivity (Wildman–Crippen MR) is 94.1 cm³/mol. The lowest BCUT2D eigenvalue weighted by Gasteiger charge is -2.27. The van der Waals surface area contributed by atoms with E-state index in [1.807, 2.05) is 9.47 Å². The van der Waals surface area contributed by atoms with E-state index in [4.69, 9.17) is 4.52 Å². The molecule has 0 aliphatic carbocycles. The molecule has 1 fully saturated rings. The normalized spacial score (nSPS) is 17.0. The van der Waals surface area contributed by atoms with Crippen LogP contribution in [-0.2, 0) is 13.0 Å². The predicted octanol–water partition coefficient (Wildman–Crippen LogP) is 2.39. The maximum absolute atomic E-state index is 13.0. The number of nitrogens with one attached hydrogen (secondary N) is 1. The maximum Gasteiger partial charge on any atom is 0.289 e. The van der Waals surface area contributed by atoms with E-state index in [9.17, 15) is 9.59 Å². The monoisotopic (exact) mass is 357 g/mol. The van der Waals surface area contributed by atoms with Crippen molar-refractivity contribution >= 4 is 17.6 Å². The highest BCUT2D eigenvalue weighted by molar-refractivity contribution is 6.04. The summed E-state index contributed by atoms with van der Waals surface area (Å²) in [5.74, 6) is 0.955. The van der Waals surface area contributed by atoms with E-state index in [2.05, 4.69) is 15.5 Å². The number of amides is 2. The number of aryl methyl sites for hydroxylation is 1. The average molecular weight is 357 g/mol. The minimum Gasteiger partial charge on any atom is -0.360 e. The molecule has 2 amide bonds. The molecule has 26 heavy (non-hydrogen) atoms. The molecule has 4 rings (SSSR count). The Labute approximate surface area is 151 Å². The Hall–Kier alpha value is -2.64. The number of aromatic nitrogens is 3. The molecule has 0 unspecified atom stereocenters. The zero-order chi connectivity index (χ0) is 18.1. The Kier molecular flexibility index (Phi) is 4.48. The number of rotatable bonds is 3. The summed E-state index contributed by atoms with van der Waals surface area (Å²) in [6.07, 6.45) is 5.95. The van der Waals surface area contributed by atoms with E-state index < -0.39 is 0 Å². The lowest BCUT2D eigenvalue weighted by molar-refractivity contribution is 0.0705. The van der Waals surface area contributed by atoms with Gasteiger partial charge in [0.05, 0.1) is 5.69 Å². The fourth-order valence-corrected chi connectivity index (χ4v) is 3.73. The summed E-state index contributed by atoms with van der Waals surface area (Å²) in [6.45, 7) is 4.02. The molecular weight excluding hydrogens is 334 g/mol. The fourth-order valence-electron chi connectivity index (χ4n) is 3.73. The van der Waals surface area contributed by atoms with Gasteiger partial charge in [0.2, 0.25) is 0 Å². The summed E-state index contributed by atoms with van der Waals surface area (Å²) in [4.78, 5) is 32.0. The van der Waals surface area contributed by atoms with Gasteiger partial charge in [0.25, 0.3) is 11.8 Å². The van der Waals surface area contributed by atoms with Crippen LogP contribution in [0.5, 0.6) is 0 Å². The van der Waals surface area contributed by atoms with E-state index in [0.717, 1.165) is 63.9 Å². The summed E-state index contributed by atoms with van der Waals surface area (Å²) in [5, 5.41) is 6.51. The number of fused-ring (bicyclic) bond motifs is 1. The molecule has 0 bridgehead atoms. The minimum absolute atomic E-state index is 0.0656. The van der Waals surface area contributed by atoms with Crippen LogP contribution in [0.3, 0.4) is 0 Å². The van der Waals surface area contributed by atoms with Gasteiger partial charge < -0.3 is 19.3 Å². The largest absolute Gasteiger partial charge is 0.360 e. The van der Waals surface area contributed by atoms with E-state index in [1.54, 1.807) is 13.0 Å². The molecular formula is C18H23N5O3. The van der Waals surface area contributed by atoms with Gasteiger partial charge in [0.15, 0.2) is 17.3 Å². The second kappa shape index (κ2) is 6.93. The van der Waals surface area contributed by atoms with Gasteiger partial charge in [-0.2, -0.15) is 0 Å². The molecule has 2 aromatic heterocycles. The van der Waals surface area contributed by atoms with Crippen LogP contribution in [-0.4, -0.2) is 44.5 Å². The molecule has 0 radical (unpaired) electrons. The van der Waals surface area contributed by atoms with Crippen molar-refractivity contribution in [3.63, 3.8) is 0 Å². The number of nitrogens with zero attached hydrogens (tertiary/aromatic N) is 4. The lowest BCUT2D eigenvalue weighted by atomic mass is 10.1. The second-order valence-corrected chi connectivity index (χ2v) is 6.97. The smallest absolute Gasteiger partial charge is 0.289 e. The summed E-state index contributed by atoms with van der Waals surface area (Å²) in [5.41, 5.74) is 1.17. The first kappa shape index (κ1) is 16.8. The maximum atomic E-state index is 13.0. The Morgan fingerprint density at radius 2 is 1.88 bits per heavy atom. The molecule has 1 N–H and O–H groups in total. The van der Waals surface area contributed by atoms with Gasteiger partial charge in [-0.1, -0.05) is 5.16 Å². The van der Waals surface area contributed by atoms with Gasteiger partial charge in [-0.25, -0.2) is 4.98 Å². The lowest BCUT2D eigenvalue weighted by Crippen LogP contribution is -2.37. The fraction of sp³-hybridized carbons (Fsp3) is 0.556. The second-order valence-electron chi connectivity index (χ2n) is 6.97. The van der Waals surface area contributed by atoms with Crippen molar-refractivity contribution in [2.24, 2.45) is 0 Å². The summed E-state index contributed by atoms with van der Waals surface area (Å²) >= 11 is 0. The third-order valence-corrected chi connectivity index (χ3v) is 5.04. The summed E-state index contributed by atoms with van der Waals surface area (Å²) in [6, 6.07) is 1.65. The molecule has 0 aromatic carbocycles. The van der Waals surface area contributed by atoms with Crippen LogP contribution in [0.1, 0.15) is 64.7 Å². The topological polar surface area (TPSA) is 93.3 Å². The van der Waals surface area contributed by atoms with Crippen LogP contribution in [0, 0.1) is 6.92 Å². The first-order chi connectivity index (χ1) is 12.6. The van der Waals surface area contributed by atoms with Gasteiger partial charge in [0.1, 0.15) is 5.76 Å².